The van der Waals surface area contributed by atoms with Crippen LogP contribution in [0.25, 0.3) is 21.2 Å². The second-order valence-electron chi connectivity index (χ2n) is 10.4. The van der Waals surface area contributed by atoms with Gasteiger partial charge in [-0.1, -0.05) is 0 Å². The first-order chi connectivity index (χ1) is 19.8. The molecule has 13 heteroatoms. The summed E-state index contributed by atoms with van der Waals surface area (Å²) in [5.74, 6) is -2.41. The van der Waals surface area contributed by atoms with Crippen molar-refractivity contribution in [1.29, 1.82) is 0 Å². The van der Waals surface area contributed by atoms with Gasteiger partial charge in [-0.3, -0.25) is 14.3 Å². The minimum Gasteiger partial charge on any atom is -0.454 e. The number of nitrogens with zero attached hydrogens (tertiary/aromatic N) is 2. The average Bonchev–Trinajstić information content (AvgIpc) is 3.38. The molecule has 42 heavy (non-hydrogen) atoms. The summed E-state index contributed by atoms with van der Waals surface area (Å²) in [5, 5.41) is 0.245. The summed E-state index contributed by atoms with van der Waals surface area (Å²) in [7, 11) is -2.13. The number of halogens is 3. The number of carbonyl (C=O) groups excluding carboxylic acids is 1. The maximum absolute atomic E-state index is 14.5. The summed E-state index contributed by atoms with van der Waals surface area (Å²) < 4.78 is 77.1. The number of fused-ring (bicyclic) bond motifs is 1. The monoisotopic (exact) mass is 619 g/mol. The Hall–Kier alpha value is -3.84. The van der Waals surface area contributed by atoms with Crippen molar-refractivity contribution in [2.75, 3.05) is 23.6 Å². The number of ether oxygens (including phenoxy) is 1. The third-order valence-electron chi connectivity index (χ3n) is 7.19. The van der Waals surface area contributed by atoms with E-state index in [9.17, 15) is 31.2 Å². The van der Waals surface area contributed by atoms with Crippen molar-refractivity contribution in [3.63, 3.8) is 0 Å². The Morgan fingerprint density at radius 1 is 1.07 bits per heavy atom. The molecule has 0 aliphatic carbocycles. The first-order valence-corrected chi connectivity index (χ1v) is 15.6. The molecular formula is C29H28F3N3O5S2. The van der Waals surface area contributed by atoms with E-state index in [1.807, 2.05) is 0 Å². The van der Waals surface area contributed by atoms with Crippen molar-refractivity contribution in [3.05, 3.63) is 75.5 Å². The van der Waals surface area contributed by atoms with Crippen LogP contribution >= 0.6 is 11.3 Å². The van der Waals surface area contributed by atoms with Gasteiger partial charge in [0.2, 0.25) is 10.0 Å². The zero-order valence-corrected chi connectivity index (χ0v) is 24.7. The van der Waals surface area contributed by atoms with E-state index in [-0.39, 0.29) is 70.6 Å². The molecule has 222 valence electrons. The number of anilines is 1. The van der Waals surface area contributed by atoms with Crippen LogP contribution < -0.4 is 15.0 Å². The molecule has 1 amide bonds. The Labute approximate surface area is 244 Å². The summed E-state index contributed by atoms with van der Waals surface area (Å²) >= 11 is 1.07. The molecule has 0 spiro atoms. The fourth-order valence-corrected chi connectivity index (χ4v) is 6.47. The van der Waals surface area contributed by atoms with Crippen molar-refractivity contribution in [2.45, 2.75) is 32.4 Å². The normalized spacial score (nSPS) is 15.1. The van der Waals surface area contributed by atoms with Crippen molar-refractivity contribution < 1.29 is 31.1 Å². The van der Waals surface area contributed by atoms with Crippen LogP contribution in [0, 0.1) is 11.6 Å². The molecule has 0 radical (unpaired) electrons. The van der Waals surface area contributed by atoms with Gasteiger partial charge in [0.05, 0.1) is 20.7 Å². The summed E-state index contributed by atoms with van der Waals surface area (Å²) in [5.41, 5.74) is -0.806. The predicted octanol–water partition coefficient (Wildman–Crippen LogP) is 6.06. The molecule has 1 saturated heterocycles. The number of amides is 1. The number of hydrogen-bond donors (Lipinski definition) is 1. The molecule has 0 atom stereocenters. The highest BCUT2D eigenvalue weighted by Crippen LogP contribution is 2.42. The SMILES string of the molecule is CCS(=O)(=O)Nc1ccc(Oc2ccc(F)cc2F)c(-c2cn(C)c(=O)c3cc(C(=O)N4CCC(C)(F)CC4)sc23)c1. The van der Waals surface area contributed by atoms with E-state index in [2.05, 4.69) is 4.72 Å². The highest BCUT2D eigenvalue weighted by Gasteiger charge is 2.32. The molecule has 0 unspecified atom stereocenters. The van der Waals surface area contributed by atoms with Crippen LogP contribution in [-0.4, -0.2) is 48.3 Å². The van der Waals surface area contributed by atoms with Gasteiger partial charge >= 0.3 is 0 Å². The number of aryl methyl sites for hydroxylation is 1. The molecule has 1 aliphatic rings. The highest BCUT2D eigenvalue weighted by atomic mass is 32.2. The van der Waals surface area contributed by atoms with E-state index >= 15 is 0 Å². The molecular weight excluding hydrogens is 591 g/mol. The maximum Gasteiger partial charge on any atom is 0.263 e. The van der Waals surface area contributed by atoms with Gasteiger partial charge in [0.25, 0.3) is 11.5 Å². The Morgan fingerprint density at radius 2 is 1.76 bits per heavy atom. The Kier molecular flexibility index (Phi) is 7.84. The van der Waals surface area contributed by atoms with Crippen LogP contribution in [0.4, 0.5) is 18.9 Å². The van der Waals surface area contributed by atoms with E-state index in [1.165, 1.54) is 55.9 Å². The molecule has 3 heterocycles. The summed E-state index contributed by atoms with van der Waals surface area (Å²) in [4.78, 5) is 28.4. The first-order valence-electron chi connectivity index (χ1n) is 13.2. The third-order valence-corrected chi connectivity index (χ3v) is 9.65. The number of benzene rings is 2. The number of thiophene rings is 1. The number of aromatic nitrogens is 1. The minimum absolute atomic E-state index is 0.0967. The number of pyridine rings is 1. The third kappa shape index (κ3) is 6.02. The summed E-state index contributed by atoms with van der Waals surface area (Å²) in [6.45, 7) is 3.48. The molecule has 8 nitrogen and oxygen atoms in total. The predicted molar refractivity (Wildman–Crippen MR) is 157 cm³/mol. The van der Waals surface area contributed by atoms with Gasteiger partial charge in [-0.05, 0) is 63.1 Å². The van der Waals surface area contributed by atoms with Crippen LogP contribution in [0.2, 0.25) is 0 Å². The lowest BCUT2D eigenvalue weighted by Gasteiger charge is -2.33. The van der Waals surface area contributed by atoms with Crippen molar-refractivity contribution >= 4 is 43.0 Å². The average molecular weight is 620 g/mol. The van der Waals surface area contributed by atoms with Crippen molar-refractivity contribution in [2.24, 2.45) is 7.05 Å². The molecule has 1 aliphatic heterocycles. The Balaban J connectivity index is 1.65. The number of sulfonamides is 1. The number of nitrogens with one attached hydrogen (secondary N) is 1. The van der Waals surface area contributed by atoms with E-state index < -0.39 is 27.3 Å². The number of alkyl halides is 1. The number of piperidine rings is 1. The van der Waals surface area contributed by atoms with Gasteiger partial charge in [-0.15, -0.1) is 11.3 Å². The second-order valence-corrected chi connectivity index (χ2v) is 13.5. The Morgan fingerprint density at radius 3 is 2.43 bits per heavy atom. The van der Waals surface area contributed by atoms with Gasteiger partial charge in [-0.25, -0.2) is 21.6 Å². The highest BCUT2D eigenvalue weighted by molar-refractivity contribution is 7.92. The number of carbonyl (C=O) groups is 1. The van der Waals surface area contributed by atoms with E-state index in [0.717, 1.165) is 23.5 Å². The summed E-state index contributed by atoms with van der Waals surface area (Å²) in [6, 6.07) is 8.69. The fraction of sp³-hybridized carbons (Fsp3) is 0.310. The topological polar surface area (TPSA) is 97.7 Å². The smallest absolute Gasteiger partial charge is 0.263 e. The second kappa shape index (κ2) is 11.1. The fourth-order valence-electron chi connectivity index (χ4n) is 4.70. The molecule has 2 aromatic heterocycles. The number of hydrogen-bond acceptors (Lipinski definition) is 6. The first kappa shape index (κ1) is 29.6. The number of rotatable bonds is 7. The van der Waals surface area contributed by atoms with Crippen LogP contribution in [0.15, 0.2) is 53.5 Å². The van der Waals surface area contributed by atoms with E-state index in [1.54, 1.807) is 4.90 Å². The van der Waals surface area contributed by atoms with Crippen LogP contribution in [0.1, 0.15) is 36.4 Å². The van der Waals surface area contributed by atoms with Crippen LogP contribution in [0.5, 0.6) is 11.5 Å². The lowest BCUT2D eigenvalue weighted by Crippen LogP contribution is -2.43. The zero-order valence-electron chi connectivity index (χ0n) is 23.0. The lowest BCUT2D eigenvalue weighted by atomic mass is 9.95. The van der Waals surface area contributed by atoms with Gasteiger partial charge in [0.15, 0.2) is 11.6 Å². The van der Waals surface area contributed by atoms with Crippen LogP contribution in [-0.2, 0) is 17.1 Å². The standard InChI is InChI=1S/C29H28F3N3O5S2/c1-4-42(38,39)33-18-6-8-23(40-24-7-5-17(30)13-22(24)31)19(14-18)21-16-34(3)27(36)20-15-25(41-26(20)21)28(37)35-11-9-29(2,32)10-12-35/h5-8,13-16,33H,4,9-12H2,1-3H3. The summed E-state index contributed by atoms with van der Waals surface area (Å²) in [6.07, 6.45) is 1.93. The van der Waals surface area contributed by atoms with Crippen molar-refractivity contribution in [1.82, 2.24) is 9.47 Å². The van der Waals surface area contributed by atoms with E-state index in [4.69, 9.17) is 4.74 Å². The molecule has 1 fully saturated rings. The molecule has 2 aromatic carbocycles. The van der Waals surface area contributed by atoms with Crippen molar-refractivity contribution in [3.8, 4) is 22.6 Å². The largest absolute Gasteiger partial charge is 0.454 e. The number of likely N-dealkylation sites (tertiary alicyclic amines) is 1. The van der Waals surface area contributed by atoms with E-state index in [0.29, 0.717) is 21.9 Å². The molecule has 4 aromatic rings. The zero-order chi connectivity index (χ0) is 30.4. The Bertz CT molecular complexity index is 1860. The molecule has 0 bridgehead atoms. The molecule has 5 rings (SSSR count). The molecule has 0 saturated carbocycles. The minimum atomic E-state index is -3.66. The quantitative estimate of drug-likeness (QED) is 0.271. The van der Waals surface area contributed by atoms with Crippen LogP contribution in [0.3, 0.4) is 0 Å². The lowest BCUT2D eigenvalue weighted by molar-refractivity contribution is 0.0508. The van der Waals surface area contributed by atoms with Gasteiger partial charge in [-0.2, -0.15) is 0 Å². The molecule has 1 N–H and O–H groups in total. The maximum atomic E-state index is 14.5. The van der Waals surface area contributed by atoms with Gasteiger partial charge in [0, 0.05) is 49.2 Å². The van der Waals surface area contributed by atoms with Gasteiger partial charge < -0.3 is 14.2 Å². The van der Waals surface area contributed by atoms with Gasteiger partial charge in [0.1, 0.15) is 17.2 Å².